The number of rotatable bonds is 5. The van der Waals surface area contributed by atoms with Gasteiger partial charge in [-0.15, -0.1) is 6.58 Å². The lowest BCUT2D eigenvalue weighted by Gasteiger charge is -2.17. The molecule has 0 amide bonds. The van der Waals surface area contributed by atoms with Crippen LogP contribution in [0.2, 0.25) is 0 Å². The van der Waals surface area contributed by atoms with Crippen LogP contribution in [-0.4, -0.2) is 11.1 Å². The van der Waals surface area contributed by atoms with Crippen LogP contribution in [0, 0.1) is 11.8 Å². The fraction of sp³-hybridized carbons (Fsp3) is 0.667. The van der Waals surface area contributed by atoms with Crippen LogP contribution in [0.5, 0.6) is 0 Å². The van der Waals surface area contributed by atoms with Crippen molar-refractivity contribution in [2.24, 2.45) is 11.8 Å². The minimum absolute atomic E-state index is 0.241. The summed E-state index contributed by atoms with van der Waals surface area (Å²) < 4.78 is 0. The average molecular weight is 156 g/mol. The molecule has 11 heavy (non-hydrogen) atoms. The third kappa shape index (κ3) is 2.74. The third-order valence-corrected chi connectivity index (χ3v) is 2.10. The smallest absolute Gasteiger partial charge is 0.310 e. The number of carbonyl (C=O) groups is 1. The van der Waals surface area contributed by atoms with E-state index in [0.717, 1.165) is 12.8 Å². The molecule has 0 radical (unpaired) electrons. The molecule has 1 unspecified atom stereocenters. The molecule has 0 heterocycles. The van der Waals surface area contributed by atoms with Crippen LogP contribution in [0.4, 0.5) is 0 Å². The first-order valence-electron chi connectivity index (χ1n) is 4.02. The van der Waals surface area contributed by atoms with Gasteiger partial charge in [-0.05, 0) is 5.92 Å². The van der Waals surface area contributed by atoms with Crippen LogP contribution in [0.15, 0.2) is 12.7 Å². The van der Waals surface area contributed by atoms with Crippen LogP contribution >= 0.6 is 0 Å². The summed E-state index contributed by atoms with van der Waals surface area (Å²) in [5, 5.41) is 8.73. The van der Waals surface area contributed by atoms with Crippen molar-refractivity contribution in [1.82, 2.24) is 0 Å². The first kappa shape index (κ1) is 10.2. The molecule has 0 bridgehead atoms. The molecule has 0 fully saturated rings. The Labute approximate surface area is 67.9 Å². The second-order valence-corrected chi connectivity index (χ2v) is 2.68. The largest absolute Gasteiger partial charge is 0.481 e. The molecule has 64 valence electrons. The molecule has 0 aliphatic carbocycles. The summed E-state index contributed by atoms with van der Waals surface area (Å²) in [6, 6.07) is 0. The zero-order valence-electron chi connectivity index (χ0n) is 7.21. The molecule has 0 aliphatic heterocycles. The van der Waals surface area contributed by atoms with Crippen LogP contribution in [0.3, 0.4) is 0 Å². The highest BCUT2D eigenvalue weighted by Gasteiger charge is 2.21. The minimum Gasteiger partial charge on any atom is -0.481 e. The van der Waals surface area contributed by atoms with Crippen molar-refractivity contribution in [3.8, 4) is 0 Å². The molecule has 2 nitrogen and oxygen atoms in total. The first-order valence-corrected chi connectivity index (χ1v) is 4.02. The fourth-order valence-corrected chi connectivity index (χ4v) is 1.29. The number of hydrogen-bond donors (Lipinski definition) is 1. The Morgan fingerprint density at radius 1 is 1.55 bits per heavy atom. The Balaban J connectivity index is 4.20. The number of carboxylic acid groups (broad SMARTS) is 1. The maximum absolute atomic E-state index is 10.6. The zero-order valence-corrected chi connectivity index (χ0v) is 7.21. The molecule has 0 saturated heterocycles. The van der Waals surface area contributed by atoms with Crippen molar-refractivity contribution in [3.05, 3.63) is 12.7 Å². The maximum Gasteiger partial charge on any atom is 0.310 e. The van der Waals surface area contributed by atoms with E-state index in [1.807, 2.05) is 13.8 Å². The van der Waals surface area contributed by atoms with Gasteiger partial charge < -0.3 is 5.11 Å². The normalized spacial score (nSPS) is 13.0. The topological polar surface area (TPSA) is 37.3 Å². The SMILES string of the molecule is C=CC(C(=O)O)C(CC)CC. The van der Waals surface area contributed by atoms with Gasteiger partial charge in [-0.3, -0.25) is 4.79 Å². The Bertz CT molecular complexity index is 136. The van der Waals surface area contributed by atoms with E-state index in [-0.39, 0.29) is 11.8 Å². The van der Waals surface area contributed by atoms with Crippen LogP contribution in [0.1, 0.15) is 26.7 Å². The highest BCUT2D eigenvalue weighted by Crippen LogP contribution is 2.20. The van der Waals surface area contributed by atoms with E-state index >= 15 is 0 Å². The van der Waals surface area contributed by atoms with Crippen molar-refractivity contribution in [2.45, 2.75) is 26.7 Å². The van der Waals surface area contributed by atoms with Gasteiger partial charge in [-0.2, -0.15) is 0 Å². The highest BCUT2D eigenvalue weighted by atomic mass is 16.4. The Morgan fingerprint density at radius 2 is 2.00 bits per heavy atom. The lowest BCUT2D eigenvalue weighted by Crippen LogP contribution is -2.20. The van der Waals surface area contributed by atoms with Gasteiger partial charge in [0.1, 0.15) is 0 Å². The van der Waals surface area contributed by atoms with Crippen molar-refractivity contribution in [3.63, 3.8) is 0 Å². The lowest BCUT2D eigenvalue weighted by atomic mass is 9.88. The predicted octanol–water partition coefficient (Wildman–Crippen LogP) is 2.31. The van der Waals surface area contributed by atoms with E-state index in [1.54, 1.807) is 0 Å². The van der Waals surface area contributed by atoms with Gasteiger partial charge in [0.25, 0.3) is 0 Å². The summed E-state index contributed by atoms with van der Waals surface area (Å²) in [6.07, 6.45) is 3.33. The number of hydrogen-bond acceptors (Lipinski definition) is 1. The van der Waals surface area contributed by atoms with Gasteiger partial charge in [0.15, 0.2) is 0 Å². The predicted molar refractivity (Wildman–Crippen MR) is 45.4 cm³/mol. The Kier molecular flexibility index (Phi) is 4.59. The van der Waals surface area contributed by atoms with E-state index in [9.17, 15) is 4.79 Å². The summed E-state index contributed by atoms with van der Waals surface area (Å²) in [4.78, 5) is 10.6. The average Bonchev–Trinajstić information content (AvgIpc) is 1.99. The lowest BCUT2D eigenvalue weighted by molar-refractivity contribution is -0.141. The van der Waals surface area contributed by atoms with Gasteiger partial charge in [0, 0.05) is 0 Å². The van der Waals surface area contributed by atoms with Gasteiger partial charge in [-0.25, -0.2) is 0 Å². The van der Waals surface area contributed by atoms with Crippen LogP contribution < -0.4 is 0 Å². The molecule has 0 saturated carbocycles. The van der Waals surface area contributed by atoms with E-state index in [4.69, 9.17) is 5.11 Å². The minimum atomic E-state index is -0.756. The summed E-state index contributed by atoms with van der Waals surface area (Å²) in [5.41, 5.74) is 0. The zero-order chi connectivity index (χ0) is 8.85. The standard InChI is InChI=1S/C9H16O2/c1-4-7(5-2)8(6-3)9(10)11/h6-8H,3-5H2,1-2H3,(H,10,11). The van der Waals surface area contributed by atoms with Crippen molar-refractivity contribution in [2.75, 3.05) is 0 Å². The van der Waals surface area contributed by atoms with Crippen molar-refractivity contribution >= 4 is 5.97 Å². The van der Waals surface area contributed by atoms with Gasteiger partial charge >= 0.3 is 5.97 Å². The monoisotopic (exact) mass is 156 g/mol. The Morgan fingerprint density at radius 3 is 2.09 bits per heavy atom. The third-order valence-electron chi connectivity index (χ3n) is 2.10. The molecule has 0 aliphatic rings. The van der Waals surface area contributed by atoms with Crippen molar-refractivity contribution < 1.29 is 9.90 Å². The summed E-state index contributed by atoms with van der Waals surface area (Å²) in [5.74, 6) is -0.885. The molecular weight excluding hydrogens is 140 g/mol. The first-order chi connectivity index (χ1) is 5.17. The fourth-order valence-electron chi connectivity index (χ4n) is 1.29. The second-order valence-electron chi connectivity index (χ2n) is 2.68. The maximum atomic E-state index is 10.6. The molecule has 0 aromatic heterocycles. The van der Waals surface area contributed by atoms with Gasteiger partial charge in [-0.1, -0.05) is 32.8 Å². The van der Waals surface area contributed by atoms with Gasteiger partial charge in [0.05, 0.1) is 5.92 Å². The van der Waals surface area contributed by atoms with Crippen LogP contribution in [-0.2, 0) is 4.79 Å². The molecule has 0 aromatic carbocycles. The summed E-state index contributed by atoms with van der Waals surface area (Å²) in [7, 11) is 0. The number of carboxylic acids is 1. The number of aliphatic carboxylic acids is 1. The molecule has 1 N–H and O–H groups in total. The molecule has 0 aromatic rings. The molecule has 0 spiro atoms. The van der Waals surface area contributed by atoms with E-state index < -0.39 is 5.97 Å². The second kappa shape index (κ2) is 4.94. The quantitative estimate of drug-likeness (QED) is 0.620. The highest BCUT2D eigenvalue weighted by molar-refractivity contribution is 5.72. The molecular formula is C9H16O2. The molecule has 1 atom stereocenters. The van der Waals surface area contributed by atoms with Crippen molar-refractivity contribution in [1.29, 1.82) is 0 Å². The summed E-state index contributed by atoms with van der Waals surface area (Å²) >= 11 is 0. The van der Waals surface area contributed by atoms with E-state index in [1.165, 1.54) is 6.08 Å². The molecule has 2 heteroatoms. The molecule has 0 rings (SSSR count). The van der Waals surface area contributed by atoms with E-state index in [0.29, 0.717) is 0 Å². The van der Waals surface area contributed by atoms with Crippen LogP contribution in [0.25, 0.3) is 0 Å². The summed E-state index contributed by atoms with van der Waals surface area (Å²) in [6.45, 7) is 7.53. The Hall–Kier alpha value is -0.790. The van der Waals surface area contributed by atoms with E-state index in [2.05, 4.69) is 6.58 Å². The van der Waals surface area contributed by atoms with Gasteiger partial charge in [0.2, 0.25) is 0 Å².